The molecule has 3 heterocycles. The molecule has 0 atom stereocenters. The minimum absolute atomic E-state index is 0.0134. The molecule has 4 rings (SSSR count). The van der Waals surface area contributed by atoms with Crippen LogP contribution in [0.5, 0.6) is 0 Å². The number of amides is 1. The summed E-state index contributed by atoms with van der Waals surface area (Å²) in [6.07, 6.45) is 2.53. The van der Waals surface area contributed by atoms with Crippen molar-refractivity contribution in [3.05, 3.63) is 52.7 Å². The third kappa shape index (κ3) is 5.26. The summed E-state index contributed by atoms with van der Waals surface area (Å²) in [6.45, 7) is 8.43. The summed E-state index contributed by atoms with van der Waals surface area (Å²) < 4.78 is 0. The Morgan fingerprint density at radius 1 is 1.16 bits per heavy atom. The number of nitrogens with zero attached hydrogens (tertiary/aromatic N) is 5. The van der Waals surface area contributed by atoms with Crippen molar-refractivity contribution in [2.24, 2.45) is 0 Å². The average molecular weight is 453 g/mol. The quantitative estimate of drug-likeness (QED) is 0.530. The van der Waals surface area contributed by atoms with Crippen molar-refractivity contribution in [2.75, 3.05) is 58.3 Å². The summed E-state index contributed by atoms with van der Waals surface area (Å²) >= 11 is 1.47. The van der Waals surface area contributed by atoms with Crippen molar-refractivity contribution in [1.82, 2.24) is 25.1 Å². The smallest absolute Gasteiger partial charge is 0.261 e. The summed E-state index contributed by atoms with van der Waals surface area (Å²) in [6, 6.07) is 10.4. The Kier molecular flexibility index (Phi) is 7.34. The second-order valence-electron chi connectivity index (χ2n) is 8.56. The molecule has 0 radical (unpaired) electrons. The van der Waals surface area contributed by atoms with Gasteiger partial charge in [0, 0.05) is 39.3 Å². The lowest BCUT2D eigenvalue weighted by atomic mass is 10.1. The van der Waals surface area contributed by atoms with Crippen LogP contribution in [0.3, 0.4) is 0 Å². The first-order chi connectivity index (χ1) is 15.5. The Morgan fingerprint density at radius 3 is 2.66 bits per heavy atom. The van der Waals surface area contributed by atoms with E-state index in [9.17, 15) is 4.79 Å². The number of nitrogens with one attached hydrogen (secondary N) is 1. The largest absolute Gasteiger partial charge is 0.353 e. The van der Waals surface area contributed by atoms with Crippen LogP contribution >= 0.6 is 11.3 Å². The summed E-state index contributed by atoms with van der Waals surface area (Å²) in [5, 5.41) is 4.12. The first kappa shape index (κ1) is 22.6. The summed E-state index contributed by atoms with van der Waals surface area (Å²) in [4.78, 5) is 30.5. The van der Waals surface area contributed by atoms with Gasteiger partial charge in [0.2, 0.25) is 0 Å². The molecule has 1 fully saturated rings. The number of carbonyl (C=O) groups is 1. The minimum Gasteiger partial charge on any atom is -0.353 e. The van der Waals surface area contributed by atoms with Crippen molar-refractivity contribution >= 4 is 33.3 Å². The lowest BCUT2D eigenvalue weighted by Crippen LogP contribution is -2.44. The standard InChI is InChI=1S/C24H32N6OS/c1-18-20-22(30-14-12-28(2)13-15-30)26-17-27-24(20)32-21(18)23(31)25-10-7-11-29(3)16-19-8-5-4-6-9-19/h4-6,8-9,17H,7,10-16H2,1-3H3,(H,25,31). The molecule has 1 aliphatic rings. The van der Waals surface area contributed by atoms with E-state index in [0.717, 1.165) is 72.2 Å². The zero-order valence-electron chi connectivity index (χ0n) is 19.2. The third-order valence-corrected chi connectivity index (χ3v) is 7.21. The number of likely N-dealkylation sites (N-methyl/N-ethyl adjacent to an activating group) is 1. The zero-order chi connectivity index (χ0) is 22.5. The number of thiophene rings is 1. The van der Waals surface area contributed by atoms with Crippen LogP contribution in [0, 0.1) is 6.92 Å². The van der Waals surface area contributed by atoms with Gasteiger partial charge in [-0.1, -0.05) is 30.3 Å². The Bertz CT molecular complexity index is 1050. The van der Waals surface area contributed by atoms with E-state index in [0.29, 0.717) is 6.54 Å². The lowest BCUT2D eigenvalue weighted by Gasteiger charge is -2.33. The van der Waals surface area contributed by atoms with Crippen LogP contribution in [0.15, 0.2) is 36.7 Å². The molecule has 0 saturated carbocycles. The molecular weight excluding hydrogens is 420 g/mol. The summed E-state index contributed by atoms with van der Waals surface area (Å²) in [5.74, 6) is 0.943. The second kappa shape index (κ2) is 10.4. The van der Waals surface area contributed by atoms with Gasteiger partial charge in [0.15, 0.2) is 0 Å². The van der Waals surface area contributed by atoms with Crippen molar-refractivity contribution in [2.45, 2.75) is 19.9 Å². The Morgan fingerprint density at radius 2 is 1.91 bits per heavy atom. The SMILES string of the molecule is Cc1c(C(=O)NCCCN(C)Cc2ccccc2)sc2ncnc(N3CCN(C)CC3)c12. The molecule has 3 aromatic rings. The van der Waals surface area contributed by atoms with Crippen LogP contribution in [0.2, 0.25) is 0 Å². The number of carbonyl (C=O) groups excluding carboxylic acids is 1. The fraction of sp³-hybridized carbons (Fsp3) is 0.458. The molecule has 1 N–H and O–H groups in total. The molecule has 0 unspecified atom stereocenters. The zero-order valence-corrected chi connectivity index (χ0v) is 20.0. The Hall–Kier alpha value is -2.55. The fourth-order valence-corrected chi connectivity index (χ4v) is 5.19. The predicted octanol–water partition coefficient (Wildman–Crippen LogP) is 3.00. The Balaban J connectivity index is 1.35. The van der Waals surface area contributed by atoms with Gasteiger partial charge in [-0.2, -0.15) is 0 Å². The second-order valence-corrected chi connectivity index (χ2v) is 9.56. The van der Waals surface area contributed by atoms with Gasteiger partial charge in [-0.15, -0.1) is 11.3 Å². The van der Waals surface area contributed by atoms with Crippen LogP contribution in [-0.2, 0) is 6.54 Å². The number of hydrogen-bond acceptors (Lipinski definition) is 7. The van der Waals surface area contributed by atoms with Crippen LogP contribution in [0.4, 0.5) is 5.82 Å². The highest BCUT2D eigenvalue weighted by atomic mass is 32.1. The molecule has 7 nitrogen and oxygen atoms in total. The maximum absolute atomic E-state index is 12.9. The van der Waals surface area contributed by atoms with Gasteiger partial charge < -0.3 is 20.0 Å². The van der Waals surface area contributed by atoms with Crippen LogP contribution in [0.1, 0.15) is 27.2 Å². The van der Waals surface area contributed by atoms with Crippen molar-refractivity contribution in [1.29, 1.82) is 0 Å². The molecule has 2 aromatic heterocycles. The average Bonchev–Trinajstić information content (AvgIpc) is 3.15. The lowest BCUT2D eigenvalue weighted by molar-refractivity contribution is 0.0955. The molecule has 170 valence electrons. The third-order valence-electron chi connectivity index (χ3n) is 6.01. The number of fused-ring (bicyclic) bond motifs is 1. The van der Waals surface area contributed by atoms with E-state index < -0.39 is 0 Å². The minimum atomic E-state index is -0.0134. The molecule has 0 aliphatic carbocycles. The molecule has 32 heavy (non-hydrogen) atoms. The topological polar surface area (TPSA) is 64.6 Å². The van der Waals surface area contributed by atoms with Gasteiger partial charge in [-0.05, 0) is 45.1 Å². The number of aromatic nitrogens is 2. The van der Waals surface area contributed by atoms with Crippen LogP contribution in [0.25, 0.3) is 10.2 Å². The van der Waals surface area contributed by atoms with Crippen LogP contribution < -0.4 is 10.2 Å². The number of hydrogen-bond donors (Lipinski definition) is 1. The highest BCUT2D eigenvalue weighted by Crippen LogP contribution is 2.35. The molecule has 1 amide bonds. The molecule has 0 bridgehead atoms. The van der Waals surface area contributed by atoms with Gasteiger partial charge in [0.05, 0.1) is 10.3 Å². The molecule has 1 aliphatic heterocycles. The predicted molar refractivity (Wildman–Crippen MR) is 132 cm³/mol. The van der Waals surface area contributed by atoms with E-state index in [1.807, 2.05) is 13.0 Å². The molecule has 1 aromatic carbocycles. The number of rotatable bonds is 8. The van der Waals surface area contributed by atoms with E-state index in [1.165, 1.54) is 16.9 Å². The van der Waals surface area contributed by atoms with Gasteiger partial charge >= 0.3 is 0 Å². The maximum atomic E-state index is 12.9. The van der Waals surface area contributed by atoms with E-state index in [-0.39, 0.29) is 5.91 Å². The van der Waals surface area contributed by atoms with Crippen LogP contribution in [-0.4, -0.2) is 79.0 Å². The number of aryl methyl sites for hydroxylation is 1. The number of benzene rings is 1. The monoisotopic (exact) mass is 452 g/mol. The van der Waals surface area contributed by atoms with Gasteiger partial charge in [0.1, 0.15) is 17.0 Å². The van der Waals surface area contributed by atoms with Gasteiger partial charge in [0.25, 0.3) is 5.91 Å². The number of piperazine rings is 1. The molecular formula is C24H32N6OS. The molecule has 8 heteroatoms. The van der Waals surface area contributed by atoms with E-state index in [2.05, 4.69) is 68.3 Å². The van der Waals surface area contributed by atoms with E-state index in [1.54, 1.807) is 6.33 Å². The molecule has 1 saturated heterocycles. The summed E-state index contributed by atoms with van der Waals surface area (Å²) in [7, 11) is 4.26. The maximum Gasteiger partial charge on any atom is 0.261 e. The highest BCUT2D eigenvalue weighted by Gasteiger charge is 2.23. The number of anilines is 1. The van der Waals surface area contributed by atoms with Crippen molar-refractivity contribution < 1.29 is 4.79 Å². The first-order valence-corrected chi connectivity index (χ1v) is 12.0. The van der Waals surface area contributed by atoms with Crippen molar-refractivity contribution in [3.63, 3.8) is 0 Å². The van der Waals surface area contributed by atoms with E-state index in [4.69, 9.17) is 0 Å². The fourth-order valence-electron chi connectivity index (χ4n) is 4.13. The normalized spacial score (nSPS) is 14.9. The highest BCUT2D eigenvalue weighted by molar-refractivity contribution is 7.20. The van der Waals surface area contributed by atoms with Gasteiger partial charge in [-0.3, -0.25) is 4.79 Å². The van der Waals surface area contributed by atoms with Crippen molar-refractivity contribution in [3.8, 4) is 0 Å². The first-order valence-electron chi connectivity index (χ1n) is 11.2. The molecule has 0 spiro atoms. The van der Waals surface area contributed by atoms with E-state index >= 15 is 0 Å². The summed E-state index contributed by atoms with van der Waals surface area (Å²) in [5.41, 5.74) is 2.29. The van der Waals surface area contributed by atoms with Gasteiger partial charge in [-0.25, -0.2) is 9.97 Å². The Labute approximate surface area is 194 Å².